The van der Waals surface area contributed by atoms with Crippen LogP contribution >= 0.6 is 11.6 Å². The Bertz CT molecular complexity index is 336. The SMILES string of the molecule is CCn1ncc(Cl)c1C(O)C(C)(C)OC. The molecule has 0 bridgehead atoms. The third-order valence-electron chi connectivity index (χ3n) is 2.58. The molecular weight excluding hydrogens is 216 g/mol. The Morgan fingerprint density at radius 2 is 2.27 bits per heavy atom. The summed E-state index contributed by atoms with van der Waals surface area (Å²) in [6.07, 6.45) is 0.743. The molecule has 5 heteroatoms. The minimum atomic E-state index is -0.794. The number of methoxy groups -OCH3 is 1. The first-order valence-electron chi connectivity index (χ1n) is 4.88. The van der Waals surface area contributed by atoms with Crippen LogP contribution in [0.1, 0.15) is 32.6 Å². The van der Waals surface area contributed by atoms with Crippen molar-refractivity contribution in [3.63, 3.8) is 0 Å². The molecule has 0 saturated carbocycles. The second kappa shape index (κ2) is 4.51. The van der Waals surface area contributed by atoms with Crippen molar-refractivity contribution in [1.82, 2.24) is 9.78 Å². The lowest BCUT2D eigenvalue weighted by Crippen LogP contribution is -2.33. The second-order valence-corrected chi connectivity index (χ2v) is 4.31. The van der Waals surface area contributed by atoms with E-state index in [9.17, 15) is 5.11 Å². The molecule has 15 heavy (non-hydrogen) atoms. The van der Waals surface area contributed by atoms with Crippen LogP contribution in [-0.2, 0) is 11.3 Å². The zero-order valence-corrected chi connectivity index (χ0v) is 10.2. The Balaban J connectivity index is 3.09. The van der Waals surface area contributed by atoms with Crippen LogP contribution in [0.25, 0.3) is 0 Å². The van der Waals surface area contributed by atoms with E-state index in [4.69, 9.17) is 16.3 Å². The van der Waals surface area contributed by atoms with Crippen LogP contribution in [0.15, 0.2) is 6.20 Å². The Morgan fingerprint density at radius 1 is 1.67 bits per heavy atom. The minimum absolute atomic E-state index is 0.467. The van der Waals surface area contributed by atoms with Gasteiger partial charge in [-0.05, 0) is 20.8 Å². The molecule has 86 valence electrons. The highest BCUT2D eigenvalue weighted by atomic mass is 35.5. The zero-order chi connectivity index (χ0) is 11.6. The average Bonchev–Trinajstić information content (AvgIpc) is 2.58. The van der Waals surface area contributed by atoms with Gasteiger partial charge in [-0.3, -0.25) is 4.68 Å². The van der Waals surface area contributed by atoms with E-state index in [1.165, 1.54) is 6.20 Å². The highest BCUT2D eigenvalue weighted by molar-refractivity contribution is 6.31. The summed E-state index contributed by atoms with van der Waals surface area (Å²) in [6.45, 7) is 6.22. The van der Waals surface area contributed by atoms with E-state index in [-0.39, 0.29) is 0 Å². The molecule has 1 unspecified atom stereocenters. The monoisotopic (exact) mass is 232 g/mol. The number of rotatable bonds is 4. The van der Waals surface area contributed by atoms with Gasteiger partial charge in [-0.1, -0.05) is 11.6 Å². The lowest BCUT2D eigenvalue weighted by Gasteiger charge is -2.29. The number of ether oxygens (including phenoxy) is 1. The van der Waals surface area contributed by atoms with Gasteiger partial charge in [-0.25, -0.2) is 0 Å². The van der Waals surface area contributed by atoms with Gasteiger partial charge in [0.15, 0.2) is 0 Å². The summed E-state index contributed by atoms with van der Waals surface area (Å²) in [4.78, 5) is 0. The van der Waals surface area contributed by atoms with Crippen molar-refractivity contribution in [2.24, 2.45) is 0 Å². The van der Waals surface area contributed by atoms with Crippen molar-refractivity contribution in [1.29, 1.82) is 0 Å². The molecule has 0 aliphatic heterocycles. The first kappa shape index (κ1) is 12.5. The largest absolute Gasteiger partial charge is 0.384 e. The van der Waals surface area contributed by atoms with Crippen LogP contribution in [0.2, 0.25) is 5.02 Å². The quantitative estimate of drug-likeness (QED) is 0.864. The van der Waals surface area contributed by atoms with Gasteiger partial charge in [-0.2, -0.15) is 5.10 Å². The molecule has 0 spiro atoms. The fourth-order valence-corrected chi connectivity index (χ4v) is 1.58. The Morgan fingerprint density at radius 3 is 2.73 bits per heavy atom. The molecule has 1 N–H and O–H groups in total. The maximum atomic E-state index is 10.2. The first-order chi connectivity index (χ1) is 6.94. The predicted molar refractivity (Wildman–Crippen MR) is 59.0 cm³/mol. The first-order valence-corrected chi connectivity index (χ1v) is 5.26. The van der Waals surface area contributed by atoms with Crippen molar-refractivity contribution in [2.45, 2.75) is 39.0 Å². The van der Waals surface area contributed by atoms with Crippen molar-refractivity contribution < 1.29 is 9.84 Å². The molecule has 0 aliphatic rings. The van der Waals surface area contributed by atoms with E-state index < -0.39 is 11.7 Å². The van der Waals surface area contributed by atoms with Crippen LogP contribution in [-0.4, -0.2) is 27.6 Å². The van der Waals surface area contributed by atoms with Gasteiger partial charge in [0.2, 0.25) is 0 Å². The Kier molecular flexibility index (Phi) is 3.76. The standard InChI is InChI=1S/C10H17ClN2O2/c1-5-13-8(7(11)6-12-13)9(14)10(2,3)15-4/h6,9,14H,5H2,1-4H3. The molecule has 0 radical (unpaired) electrons. The van der Waals surface area contributed by atoms with Crippen molar-refractivity contribution >= 4 is 11.6 Å². The molecule has 1 rings (SSSR count). The van der Waals surface area contributed by atoms with Crippen LogP contribution in [0.4, 0.5) is 0 Å². The molecule has 0 saturated heterocycles. The molecule has 1 aromatic heterocycles. The molecule has 0 aromatic carbocycles. The van der Waals surface area contributed by atoms with E-state index >= 15 is 0 Å². The van der Waals surface area contributed by atoms with Crippen LogP contribution in [0.5, 0.6) is 0 Å². The number of halogens is 1. The third-order valence-corrected chi connectivity index (χ3v) is 2.87. The molecule has 0 aliphatic carbocycles. The Labute approximate surface area is 94.8 Å². The summed E-state index contributed by atoms with van der Waals surface area (Å²) >= 11 is 5.98. The van der Waals surface area contributed by atoms with Crippen molar-refractivity contribution in [3.8, 4) is 0 Å². The number of aryl methyl sites for hydroxylation is 1. The normalized spacial score (nSPS) is 14.3. The summed E-state index contributed by atoms with van der Waals surface area (Å²) in [7, 11) is 1.56. The van der Waals surface area contributed by atoms with Gasteiger partial charge in [0.25, 0.3) is 0 Å². The third kappa shape index (κ3) is 2.33. The average molecular weight is 233 g/mol. The highest BCUT2D eigenvalue weighted by Crippen LogP contribution is 2.32. The molecule has 1 atom stereocenters. The summed E-state index contributed by atoms with van der Waals surface area (Å²) < 4.78 is 6.90. The number of aromatic nitrogens is 2. The zero-order valence-electron chi connectivity index (χ0n) is 9.49. The Hall–Kier alpha value is -0.580. The topological polar surface area (TPSA) is 47.3 Å². The van der Waals surface area contributed by atoms with Gasteiger partial charge in [-0.15, -0.1) is 0 Å². The molecule has 1 heterocycles. The number of hydrogen-bond donors (Lipinski definition) is 1. The fourth-order valence-electron chi connectivity index (χ4n) is 1.34. The summed E-state index contributed by atoms with van der Waals surface area (Å²) in [5.41, 5.74) is -0.0811. The molecule has 1 aromatic rings. The molecule has 0 amide bonds. The van der Waals surface area contributed by atoms with Gasteiger partial charge in [0.05, 0.1) is 22.5 Å². The van der Waals surface area contributed by atoms with Crippen LogP contribution in [0.3, 0.4) is 0 Å². The van der Waals surface area contributed by atoms with Gasteiger partial charge < -0.3 is 9.84 Å². The maximum Gasteiger partial charge on any atom is 0.125 e. The lowest BCUT2D eigenvalue weighted by molar-refractivity contribution is -0.0825. The number of hydrogen-bond acceptors (Lipinski definition) is 3. The van der Waals surface area contributed by atoms with Gasteiger partial charge in [0, 0.05) is 13.7 Å². The van der Waals surface area contributed by atoms with E-state index in [2.05, 4.69) is 5.10 Å². The van der Waals surface area contributed by atoms with Crippen molar-refractivity contribution in [3.05, 3.63) is 16.9 Å². The molecule has 4 nitrogen and oxygen atoms in total. The lowest BCUT2D eigenvalue weighted by atomic mass is 9.98. The van der Waals surface area contributed by atoms with E-state index in [1.807, 2.05) is 6.92 Å². The number of aliphatic hydroxyl groups excluding tert-OH is 1. The molecular formula is C10H17ClN2O2. The minimum Gasteiger partial charge on any atom is -0.384 e. The van der Waals surface area contributed by atoms with Crippen molar-refractivity contribution in [2.75, 3.05) is 7.11 Å². The van der Waals surface area contributed by atoms with Gasteiger partial charge >= 0.3 is 0 Å². The van der Waals surface area contributed by atoms with E-state index in [0.29, 0.717) is 17.3 Å². The summed E-state index contributed by atoms with van der Waals surface area (Å²) in [5, 5.41) is 14.7. The van der Waals surface area contributed by atoms with Crippen LogP contribution < -0.4 is 0 Å². The molecule has 0 fully saturated rings. The second-order valence-electron chi connectivity index (χ2n) is 3.90. The maximum absolute atomic E-state index is 10.2. The van der Waals surface area contributed by atoms with E-state index in [1.54, 1.807) is 25.6 Å². The highest BCUT2D eigenvalue weighted by Gasteiger charge is 2.33. The van der Waals surface area contributed by atoms with Gasteiger partial charge in [0.1, 0.15) is 6.10 Å². The van der Waals surface area contributed by atoms with E-state index in [0.717, 1.165) is 0 Å². The smallest absolute Gasteiger partial charge is 0.125 e. The number of aliphatic hydroxyl groups is 1. The van der Waals surface area contributed by atoms with Crippen LogP contribution in [0, 0.1) is 0 Å². The summed E-state index contributed by atoms with van der Waals surface area (Å²) in [6, 6.07) is 0. The summed E-state index contributed by atoms with van der Waals surface area (Å²) in [5.74, 6) is 0. The number of nitrogens with zero attached hydrogens (tertiary/aromatic N) is 2. The predicted octanol–water partition coefficient (Wildman–Crippen LogP) is 2.01. The fraction of sp³-hybridized carbons (Fsp3) is 0.700.